The highest BCUT2D eigenvalue weighted by atomic mass is 35.5. The van der Waals surface area contributed by atoms with Gasteiger partial charge in [0.05, 0.1) is 33.4 Å². The lowest BCUT2D eigenvalue weighted by atomic mass is 9.64. The Bertz CT molecular complexity index is 1720. The van der Waals surface area contributed by atoms with Gasteiger partial charge in [0.2, 0.25) is 18.6 Å². The maximum absolute atomic E-state index is 14.1. The van der Waals surface area contributed by atoms with Crippen LogP contribution in [0.5, 0.6) is 17.2 Å². The topological polar surface area (TPSA) is 125 Å². The van der Waals surface area contributed by atoms with Crippen LogP contribution in [0.1, 0.15) is 22.6 Å². The van der Waals surface area contributed by atoms with Crippen molar-refractivity contribution in [3.8, 4) is 17.2 Å². The Balaban J connectivity index is 1.42. The highest BCUT2D eigenvalue weighted by Gasteiger charge is 2.60. The second kappa shape index (κ2) is 8.65. The van der Waals surface area contributed by atoms with Gasteiger partial charge in [-0.2, -0.15) is 0 Å². The van der Waals surface area contributed by atoms with E-state index in [1.54, 1.807) is 24.3 Å². The highest BCUT2D eigenvalue weighted by molar-refractivity contribution is 6.36. The van der Waals surface area contributed by atoms with Gasteiger partial charge in [-0.05, 0) is 47.9 Å². The fourth-order valence-corrected chi connectivity index (χ4v) is 6.34. The summed E-state index contributed by atoms with van der Waals surface area (Å²) in [7, 11) is 0. The number of allylic oxidation sites excluding steroid dienone is 1. The molecule has 10 nitrogen and oxygen atoms in total. The number of carbonyl (C=O) groups is 3. The molecule has 3 aromatic carbocycles. The lowest BCUT2D eigenvalue weighted by Crippen LogP contribution is -2.42. The molecule has 3 aliphatic heterocycles. The first-order chi connectivity index (χ1) is 19.2. The molecule has 0 unspecified atom stereocenters. The van der Waals surface area contributed by atoms with Crippen LogP contribution in [0.3, 0.4) is 0 Å². The van der Waals surface area contributed by atoms with Crippen LogP contribution in [0.15, 0.2) is 60.7 Å². The lowest BCUT2D eigenvalue weighted by Gasteiger charge is -2.38. The highest BCUT2D eigenvalue weighted by Crippen LogP contribution is 2.55. The van der Waals surface area contributed by atoms with Gasteiger partial charge in [0.15, 0.2) is 11.5 Å². The van der Waals surface area contributed by atoms with Crippen molar-refractivity contribution >= 4 is 46.3 Å². The molecule has 7 rings (SSSR count). The third kappa shape index (κ3) is 3.45. The molecule has 4 atom stereocenters. The Morgan fingerprint density at radius 2 is 1.70 bits per heavy atom. The minimum Gasteiger partial charge on any atom is -0.454 e. The summed E-state index contributed by atoms with van der Waals surface area (Å²) in [6, 6.07) is 14.3. The number of hydrogen-bond donors (Lipinski definition) is 0. The number of imide groups is 1. The number of non-ortho nitro benzene ring substituents is 1. The summed E-state index contributed by atoms with van der Waals surface area (Å²) in [6.45, 7) is 1.94. The van der Waals surface area contributed by atoms with Gasteiger partial charge in [-0.3, -0.25) is 24.5 Å². The van der Waals surface area contributed by atoms with Gasteiger partial charge in [0.25, 0.3) is 5.69 Å². The summed E-state index contributed by atoms with van der Waals surface area (Å²) in [4.78, 5) is 53.4. The van der Waals surface area contributed by atoms with E-state index in [2.05, 4.69) is 0 Å². The molecule has 0 N–H and O–H groups in total. The number of rotatable bonds is 3. The van der Waals surface area contributed by atoms with Crippen molar-refractivity contribution in [2.24, 2.45) is 17.8 Å². The minimum absolute atomic E-state index is 0.00852. The monoisotopic (exact) mass is 558 g/mol. The predicted octanol–water partition coefficient (Wildman–Crippen LogP) is 4.81. The number of aryl methyl sites for hydroxylation is 1. The fourth-order valence-electron chi connectivity index (χ4n) is 6.14. The number of hydrogen-bond acceptors (Lipinski definition) is 8. The first kappa shape index (κ1) is 24.3. The maximum atomic E-state index is 14.1. The van der Waals surface area contributed by atoms with Crippen molar-refractivity contribution in [3.05, 3.63) is 92.5 Å². The van der Waals surface area contributed by atoms with Gasteiger partial charge in [-0.25, -0.2) is 4.90 Å². The molecule has 1 fully saturated rings. The standard InChI is InChI=1S/C29H19ClN2O8/c1-13-2-5-16-18-11-17(14-3-7-21-23(9-14)39-12-38-21)24-26(25(18)29(35)40-22(16)8-13)28(34)31(27(24)33)20-10-15(32(36)37)4-6-19(20)30/h2-11,17,24-26H,12H2,1H3/t17-,24+,25-,26-/m1/s1. The van der Waals surface area contributed by atoms with Crippen molar-refractivity contribution in [2.75, 3.05) is 11.7 Å². The fraction of sp³-hybridized carbons (Fsp3) is 0.207. The molecule has 1 aliphatic carbocycles. The van der Waals surface area contributed by atoms with Gasteiger partial charge in [0, 0.05) is 23.6 Å². The SMILES string of the molecule is Cc1ccc2c(c1)OC(=O)[C@@H]1C2=C[C@H](c2ccc3c(c2)OCO3)[C@@H]2C(=O)N(c3cc([N+](=O)[O-])ccc3Cl)C(=O)[C@@H]12. The molecule has 3 heterocycles. The normalized spacial score (nSPS) is 24.2. The first-order valence-corrected chi connectivity index (χ1v) is 12.9. The Morgan fingerprint density at radius 1 is 0.925 bits per heavy atom. The first-order valence-electron chi connectivity index (χ1n) is 12.5. The van der Waals surface area contributed by atoms with Crippen LogP contribution in [-0.2, 0) is 14.4 Å². The minimum atomic E-state index is -1.12. The van der Waals surface area contributed by atoms with Gasteiger partial charge in [0.1, 0.15) is 5.75 Å². The van der Waals surface area contributed by atoms with Crippen molar-refractivity contribution < 1.29 is 33.5 Å². The van der Waals surface area contributed by atoms with E-state index in [-0.39, 0.29) is 23.2 Å². The van der Waals surface area contributed by atoms with E-state index in [0.29, 0.717) is 33.9 Å². The van der Waals surface area contributed by atoms with E-state index < -0.39 is 46.4 Å². The molecule has 0 spiro atoms. The summed E-state index contributed by atoms with van der Waals surface area (Å²) in [5.74, 6) is -4.30. The number of ether oxygens (including phenoxy) is 3. The van der Waals surface area contributed by atoms with E-state index >= 15 is 0 Å². The summed E-state index contributed by atoms with van der Waals surface area (Å²) >= 11 is 6.37. The van der Waals surface area contributed by atoms with Crippen LogP contribution in [0.2, 0.25) is 5.02 Å². The van der Waals surface area contributed by atoms with E-state index in [0.717, 1.165) is 16.5 Å². The zero-order valence-electron chi connectivity index (χ0n) is 20.8. The second-order valence-corrected chi connectivity index (χ2v) is 10.5. The molecule has 0 aromatic heterocycles. The zero-order valence-corrected chi connectivity index (χ0v) is 21.6. The van der Waals surface area contributed by atoms with E-state index in [9.17, 15) is 24.5 Å². The van der Waals surface area contributed by atoms with Crippen LogP contribution in [0.4, 0.5) is 11.4 Å². The predicted molar refractivity (Wildman–Crippen MR) is 141 cm³/mol. The quantitative estimate of drug-likeness (QED) is 0.147. The molecule has 11 heteroatoms. The molecule has 4 aliphatic rings. The smallest absolute Gasteiger partial charge is 0.319 e. The summed E-state index contributed by atoms with van der Waals surface area (Å²) in [5.41, 5.74) is 2.39. The van der Waals surface area contributed by atoms with Gasteiger partial charge >= 0.3 is 5.97 Å². The molecular formula is C29H19ClN2O8. The van der Waals surface area contributed by atoms with Gasteiger partial charge in [-0.15, -0.1) is 0 Å². The Kier molecular flexibility index (Phi) is 5.27. The van der Waals surface area contributed by atoms with Crippen LogP contribution in [-0.4, -0.2) is 29.5 Å². The maximum Gasteiger partial charge on any atom is 0.319 e. The molecule has 0 bridgehead atoms. The van der Waals surface area contributed by atoms with Crippen molar-refractivity contribution in [3.63, 3.8) is 0 Å². The number of fused-ring (bicyclic) bond motifs is 6. The third-order valence-electron chi connectivity index (χ3n) is 7.91. The molecule has 1 saturated heterocycles. The third-order valence-corrected chi connectivity index (χ3v) is 8.23. The van der Waals surface area contributed by atoms with E-state index in [4.69, 9.17) is 25.8 Å². The van der Waals surface area contributed by atoms with Crippen LogP contribution in [0, 0.1) is 34.8 Å². The molecule has 200 valence electrons. The molecule has 0 saturated carbocycles. The number of nitrogens with zero attached hydrogens (tertiary/aromatic N) is 2. The summed E-state index contributed by atoms with van der Waals surface area (Å²) in [5, 5.41) is 11.5. The number of anilines is 1. The number of carbonyl (C=O) groups excluding carboxylic acids is 3. The van der Waals surface area contributed by atoms with Crippen LogP contribution < -0.4 is 19.1 Å². The summed E-state index contributed by atoms with van der Waals surface area (Å²) < 4.78 is 16.7. The number of esters is 1. The number of amides is 2. The van der Waals surface area contributed by atoms with E-state index in [1.165, 1.54) is 12.1 Å². The molecule has 0 radical (unpaired) electrons. The van der Waals surface area contributed by atoms with Crippen LogP contribution >= 0.6 is 11.6 Å². The lowest BCUT2D eigenvalue weighted by molar-refractivity contribution is -0.384. The second-order valence-electron chi connectivity index (χ2n) is 10.1. The Morgan fingerprint density at radius 3 is 2.50 bits per heavy atom. The van der Waals surface area contributed by atoms with Crippen molar-refractivity contribution in [1.82, 2.24) is 0 Å². The van der Waals surface area contributed by atoms with Gasteiger partial charge < -0.3 is 14.2 Å². The number of nitro benzene ring substituents is 1. The van der Waals surface area contributed by atoms with Crippen molar-refractivity contribution in [1.29, 1.82) is 0 Å². The molecular weight excluding hydrogens is 540 g/mol. The molecule has 3 aromatic rings. The van der Waals surface area contributed by atoms with Crippen molar-refractivity contribution in [2.45, 2.75) is 12.8 Å². The zero-order chi connectivity index (χ0) is 27.9. The van der Waals surface area contributed by atoms with Gasteiger partial charge in [-0.1, -0.05) is 35.9 Å². The summed E-state index contributed by atoms with van der Waals surface area (Å²) in [6.07, 6.45) is 1.85. The number of benzene rings is 3. The Labute approximate surface area is 231 Å². The Hall–Kier alpha value is -4.70. The van der Waals surface area contributed by atoms with E-state index in [1.807, 2.05) is 25.1 Å². The average molecular weight is 559 g/mol. The molecule has 2 amide bonds. The number of halogens is 1. The van der Waals surface area contributed by atoms with Crippen LogP contribution in [0.25, 0.3) is 5.57 Å². The largest absolute Gasteiger partial charge is 0.454 e. The molecule has 40 heavy (non-hydrogen) atoms. The average Bonchev–Trinajstić information content (AvgIpc) is 3.50. The number of nitro groups is 1.